The van der Waals surface area contributed by atoms with Gasteiger partial charge in [-0.25, -0.2) is 14.4 Å². The molecule has 0 fully saturated rings. The fourth-order valence-electron chi connectivity index (χ4n) is 2.48. The van der Waals surface area contributed by atoms with E-state index in [1.54, 1.807) is 62.4 Å². The molecule has 0 atom stereocenters. The van der Waals surface area contributed by atoms with Gasteiger partial charge in [-0.3, -0.25) is 0 Å². The van der Waals surface area contributed by atoms with Gasteiger partial charge >= 0.3 is 0 Å². The van der Waals surface area contributed by atoms with Gasteiger partial charge in [0.25, 0.3) is 0 Å². The summed E-state index contributed by atoms with van der Waals surface area (Å²) >= 11 is 0. The second kappa shape index (κ2) is 9.05. The number of amidine groups is 2. The predicted molar refractivity (Wildman–Crippen MR) is 114 cm³/mol. The zero-order chi connectivity index (χ0) is 20.8. The second-order valence-corrected chi connectivity index (χ2v) is 6.58. The molecule has 146 valence electrons. The summed E-state index contributed by atoms with van der Waals surface area (Å²) in [6, 6.07) is 12.1. The van der Waals surface area contributed by atoms with Crippen LogP contribution in [0.3, 0.4) is 0 Å². The van der Waals surface area contributed by atoms with Crippen molar-refractivity contribution in [2.75, 3.05) is 14.1 Å². The van der Waals surface area contributed by atoms with Gasteiger partial charge in [-0.2, -0.15) is 5.10 Å². The fourth-order valence-corrected chi connectivity index (χ4v) is 2.48. The lowest BCUT2D eigenvalue weighted by molar-refractivity contribution is 0.363. The molecule has 0 saturated heterocycles. The summed E-state index contributed by atoms with van der Waals surface area (Å²) in [6.07, 6.45) is 0. The summed E-state index contributed by atoms with van der Waals surface area (Å²) in [5.41, 5.74) is 6.62. The van der Waals surface area contributed by atoms with E-state index in [0.29, 0.717) is 22.5 Å². The fraction of sp³-hybridized carbons (Fsp3) is 0.190. The van der Waals surface area contributed by atoms with Crippen LogP contribution in [0.15, 0.2) is 64.7 Å². The van der Waals surface area contributed by atoms with E-state index >= 15 is 0 Å². The number of nitrogens with two attached hydrogens (primary N) is 1. The zero-order valence-corrected chi connectivity index (χ0v) is 16.5. The first-order valence-corrected chi connectivity index (χ1v) is 8.65. The van der Waals surface area contributed by atoms with Crippen molar-refractivity contribution in [2.24, 2.45) is 15.9 Å². The Hall–Kier alpha value is -3.32. The Bertz CT molecular complexity index is 942. The number of hydrogen-bond donors (Lipinski definition) is 3. The molecule has 0 radical (unpaired) electrons. The molecule has 0 bridgehead atoms. The Kier molecular flexibility index (Phi) is 6.79. The summed E-state index contributed by atoms with van der Waals surface area (Å²) in [4.78, 5) is 4.43. The smallest absolute Gasteiger partial charge is 0.180 e. The van der Waals surface area contributed by atoms with E-state index in [1.165, 1.54) is 6.07 Å². The normalized spacial score (nSPS) is 12.2. The summed E-state index contributed by atoms with van der Waals surface area (Å²) in [5, 5.41) is 13.2. The molecular formula is C21H25FN6. The Morgan fingerprint density at radius 1 is 1.18 bits per heavy atom. The maximum absolute atomic E-state index is 14.1. The van der Waals surface area contributed by atoms with Crippen molar-refractivity contribution in [3.05, 3.63) is 71.6 Å². The van der Waals surface area contributed by atoms with Gasteiger partial charge in [0.2, 0.25) is 0 Å². The highest BCUT2D eigenvalue weighted by molar-refractivity contribution is 6.24. The molecule has 0 aliphatic carbocycles. The number of aliphatic imine (C=N–C) groups is 1. The van der Waals surface area contributed by atoms with Crippen LogP contribution >= 0.6 is 0 Å². The molecule has 0 heterocycles. The van der Waals surface area contributed by atoms with Gasteiger partial charge < -0.3 is 16.7 Å². The van der Waals surface area contributed by atoms with E-state index in [1.807, 2.05) is 6.92 Å². The van der Waals surface area contributed by atoms with Crippen molar-refractivity contribution in [1.29, 1.82) is 5.41 Å². The highest BCUT2D eigenvalue weighted by atomic mass is 19.1. The molecule has 7 heteroatoms. The molecular weight excluding hydrogens is 355 g/mol. The van der Waals surface area contributed by atoms with Crippen LogP contribution in [0, 0.1) is 18.2 Å². The van der Waals surface area contributed by atoms with Crippen molar-refractivity contribution in [3.63, 3.8) is 0 Å². The molecule has 0 aliphatic heterocycles. The van der Waals surface area contributed by atoms with Crippen LogP contribution in [0.1, 0.15) is 18.1 Å². The molecule has 0 aromatic heterocycles. The number of hydrazine groups is 1. The molecule has 6 nitrogen and oxygen atoms in total. The number of hydrogen-bond acceptors (Lipinski definition) is 4. The lowest BCUT2D eigenvalue weighted by Gasteiger charge is -2.17. The predicted octanol–water partition coefficient (Wildman–Crippen LogP) is 3.48. The summed E-state index contributed by atoms with van der Waals surface area (Å²) < 4.78 is 14.1. The third kappa shape index (κ3) is 5.11. The molecule has 0 amide bonds. The van der Waals surface area contributed by atoms with Crippen LogP contribution in [0.4, 0.5) is 4.39 Å². The third-order valence-corrected chi connectivity index (χ3v) is 3.98. The van der Waals surface area contributed by atoms with Crippen LogP contribution in [0.25, 0.3) is 11.1 Å². The van der Waals surface area contributed by atoms with Crippen LogP contribution in [-0.2, 0) is 0 Å². The Morgan fingerprint density at radius 2 is 1.82 bits per heavy atom. The topological polar surface area (TPSA) is 89.9 Å². The van der Waals surface area contributed by atoms with Crippen molar-refractivity contribution >= 4 is 17.4 Å². The zero-order valence-electron chi connectivity index (χ0n) is 16.5. The molecule has 0 unspecified atom stereocenters. The molecule has 0 aliphatic rings. The van der Waals surface area contributed by atoms with Gasteiger partial charge in [0.05, 0.1) is 0 Å². The van der Waals surface area contributed by atoms with Crippen molar-refractivity contribution < 1.29 is 4.39 Å². The Labute approximate surface area is 164 Å². The van der Waals surface area contributed by atoms with Crippen LogP contribution in [-0.4, -0.2) is 36.5 Å². The third-order valence-electron chi connectivity index (χ3n) is 3.98. The van der Waals surface area contributed by atoms with Crippen molar-refractivity contribution in [2.45, 2.75) is 13.8 Å². The average Bonchev–Trinajstić information content (AvgIpc) is 2.66. The van der Waals surface area contributed by atoms with E-state index in [0.717, 1.165) is 11.1 Å². The van der Waals surface area contributed by atoms with Gasteiger partial charge in [-0.1, -0.05) is 42.5 Å². The first-order chi connectivity index (χ1) is 13.2. The maximum Gasteiger partial charge on any atom is 0.180 e. The largest absolute Gasteiger partial charge is 0.321 e. The van der Waals surface area contributed by atoms with Gasteiger partial charge in [0.15, 0.2) is 11.7 Å². The lowest BCUT2D eigenvalue weighted by Crippen LogP contribution is -2.39. The Balaban J connectivity index is 2.40. The van der Waals surface area contributed by atoms with Crippen LogP contribution in [0.2, 0.25) is 0 Å². The van der Waals surface area contributed by atoms with E-state index < -0.39 is 0 Å². The number of benzene rings is 2. The number of rotatable bonds is 5. The second-order valence-electron chi connectivity index (χ2n) is 6.58. The average molecular weight is 380 g/mol. The highest BCUT2D eigenvalue weighted by Crippen LogP contribution is 2.24. The lowest BCUT2D eigenvalue weighted by atomic mass is 10.0. The van der Waals surface area contributed by atoms with Crippen molar-refractivity contribution in [3.8, 4) is 11.1 Å². The van der Waals surface area contributed by atoms with E-state index in [2.05, 4.69) is 22.1 Å². The number of halogens is 1. The number of hydrazone groups is 1. The summed E-state index contributed by atoms with van der Waals surface area (Å²) in [7, 11) is 3.60. The number of nitrogens with zero attached hydrogens (tertiary/aromatic N) is 3. The quantitative estimate of drug-likeness (QED) is 0.321. The van der Waals surface area contributed by atoms with Crippen LogP contribution in [0.5, 0.6) is 0 Å². The molecule has 2 rings (SSSR count). The van der Waals surface area contributed by atoms with Crippen LogP contribution < -0.4 is 11.3 Å². The van der Waals surface area contributed by atoms with E-state index in [-0.39, 0.29) is 17.4 Å². The van der Waals surface area contributed by atoms with E-state index in [9.17, 15) is 4.39 Å². The summed E-state index contributed by atoms with van der Waals surface area (Å²) in [5.74, 6) is 5.91. The van der Waals surface area contributed by atoms with E-state index in [4.69, 9.17) is 11.3 Å². The summed E-state index contributed by atoms with van der Waals surface area (Å²) in [6.45, 7) is 7.42. The van der Waals surface area contributed by atoms with Gasteiger partial charge in [0, 0.05) is 36.5 Å². The molecule has 2 aromatic carbocycles. The number of aryl methyl sites for hydroxylation is 1. The Morgan fingerprint density at radius 3 is 2.36 bits per heavy atom. The minimum Gasteiger partial charge on any atom is -0.321 e. The molecule has 0 spiro atoms. The molecule has 0 saturated carbocycles. The minimum atomic E-state index is -0.278. The van der Waals surface area contributed by atoms with Gasteiger partial charge in [-0.05, 0) is 31.5 Å². The highest BCUT2D eigenvalue weighted by Gasteiger charge is 2.12. The first-order valence-electron chi connectivity index (χ1n) is 8.65. The molecule has 4 N–H and O–H groups in total. The number of nitrogens with one attached hydrogen (secondary N) is 2. The van der Waals surface area contributed by atoms with Gasteiger partial charge in [-0.15, -0.1) is 0 Å². The van der Waals surface area contributed by atoms with Crippen molar-refractivity contribution in [1.82, 2.24) is 10.4 Å². The molecule has 28 heavy (non-hydrogen) atoms. The van der Waals surface area contributed by atoms with Gasteiger partial charge in [0.1, 0.15) is 5.82 Å². The minimum absolute atomic E-state index is 0.267. The standard InChI is InChI=1S/C21H25FN6/c1-13-6-11-19(22)18(12-13)16-7-9-17(10-8-16)21(26-24)25-20(27-28(4)5)14(2)15(3)23/h6-12,23H,2,24H2,1,3-5H3,(H,25,26,27). The monoisotopic (exact) mass is 380 g/mol. The SMILES string of the molecule is C=C(C(C)=N)C(=N/C(=N\N)c1ccc(-c2cc(C)ccc2F)cc1)NN(C)C. The maximum atomic E-state index is 14.1. The molecule has 2 aromatic rings. The first kappa shape index (κ1) is 21.0.